The van der Waals surface area contributed by atoms with Crippen LogP contribution < -0.4 is 0 Å². The van der Waals surface area contributed by atoms with Gasteiger partial charge in [0.1, 0.15) is 18.2 Å². The number of piperidine rings is 1. The summed E-state index contributed by atoms with van der Waals surface area (Å²) in [5.74, 6) is -2.10. The quantitative estimate of drug-likeness (QED) is 0.443. The van der Waals surface area contributed by atoms with Crippen molar-refractivity contribution in [2.75, 3.05) is 26.2 Å². The van der Waals surface area contributed by atoms with Crippen LogP contribution >= 0.6 is 23.2 Å². The molecule has 1 saturated heterocycles. The molecule has 3 rings (SSSR count). The Labute approximate surface area is 183 Å². The predicted octanol–water partition coefficient (Wildman–Crippen LogP) is 5.47. The fourth-order valence-corrected chi connectivity index (χ4v) is 4.01. The number of rotatable bonds is 7. The third-order valence-corrected chi connectivity index (χ3v) is 5.65. The van der Waals surface area contributed by atoms with Crippen molar-refractivity contribution < 1.29 is 23.4 Å². The standard InChI is InChI=1S/C22H21Cl2F2NO3/c23-20-10-15(25)3-5-17(20)19(18-6-4-16(26)11-21(18)24)13-30-9-8-27-7-1-2-14(12-27)22(28)29/h3-6,10-11,13-14H,1-2,7-9,12H2,(H,28,29). The third-order valence-electron chi connectivity index (χ3n) is 5.02. The van der Waals surface area contributed by atoms with Gasteiger partial charge in [0.05, 0.1) is 22.2 Å². The highest BCUT2D eigenvalue weighted by Crippen LogP contribution is 2.34. The highest BCUT2D eigenvalue weighted by atomic mass is 35.5. The zero-order chi connectivity index (χ0) is 21.7. The molecule has 1 unspecified atom stereocenters. The van der Waals surface area contributed by atoms with E-state index in [1.165, 1.54) is 42.7 Å². The minimum Gasteiger partial charge on any atom is -0.499 e. The lowest BCUT2D eigenvalue weighted by Gasteiger charge is -2.30. The zero-order valence-corrected chi connectivity index (χ0v) is 17.6. The Hall–Kier alpha value is -2.15. The Morgan fingerprint density at radius 3 is 2.27 bits per heavy atom. The minimum absolute atomic E-state index is 0.172. The van der Waals surface area contributed by atoms with E-state index in [9.17, 15) is 18.7 Å². The van der Waals surface area contributed by atoms with Gasteiger partial charge >= 0.3 is 5.97 Å². The Bertz CT molecular complexity index is 898. The van der Waals surface area contributed by atoms with Crippen LogP contribution in [-0.2, 0) is 9.53 Å². The van der Waals surface area contributed by atoms with Crippen LogP contribution in [0.1, 0.15) is 24.0 Å². The molecule has 160 valence electrons. The van der Waals surface area contributed by atoms with Crippen LogP contribution in [0.25, 0.3) is 5.57 Å². The van der Waals surface area contributed by atoms with Gasteiger partial charge in [-0.05, 0) is 55.8 Å². The number of likely N-dealkylation sites (tertiary alicyclic amines) is 1. The number of carbonyl (C=O) groups is 1. The molecule has 0 radical (unpaired) electrons. The van der Waals surface area contributed by atoms with Gasteiger partial charge in [-0.3, -0.25) is 9.69 Å². The van der Waals surface area contributed by atoms with E-state index >= 15 is 0 Å². The van der Waals surface area contributed by atoms with Crippen LogP contribution in [0.3, 0.4) is 0 Å². The van der Waals surface area contributed by atoms with Gasteiger partial charge in [-0.1, -0.05) is 23.2 Å². The number of halogens is 4. The van der Waals surface area contributed by atoms with E-state index in [0.717, 1.165) is 13.0 Å². The highest BCUT2D eigenvalue weighted by Gasteiger charge is 2.25. The van der Waals surface area contributed by atoms with Crippen molar-refractivity contribution in [1.82, 2.24) is 4.90 Å². The third kappa shape index (κ3) is 5.72. The number of carboxylic acid groups (broad SMARTS) is 1. The molecule has 2 aromatic rings. The lowest BCUT2D eigenvalue weighted by Crippen LogP contribution is -2.40. The fourth-order valence-electron chi connectivity index (χ4n) is 3.47. The first kappa shape index (κ1) is 22.5. The van der Waals surface area contributed by atoms with E-state index in [2.05, 4.69) is 0 Å². The van der Waals surface area contributed by atoms with Crippen molar-refractivity contribution in [2.24, 2.45) is 5.92 Å². The van der Waals surface area contributed by atoms with Gasteiger partial charge in [0.2, 0.25) is 0 Å². The Kier molecular flexibility index (Phi) is 7.69. The van der Waals surface area contributed by atoms with Gasteiger partial charge in [0.25, 0.3) is 0 Å². The molecule has 0 saturated carbocycles. The molecule has 0 aromatic heterocycles. The largest absolute Gasteiger partial charge is 0.499 e. The topological polar surface area (TPSA) is 49.8 Å². The number of nitrogens with zero attached hydrogens (tertiary/aromatic N) is 1. The molecule has 4 nitrogen and oxygen atoms in total. The van der Waals surface area contributed by atoms with Crippen LogP contribution in [0.4, 0.5) is 8.78 Å². The van der Waals surface area contributed by atoms with Crippen LogP contribution in [0.2, 0.25) is 10.0 Å². The monoisotopic (exact) mass is 455 g/mol. The lowest BCUT2D eigenvalue weighted by molar-refractivity contribution is -0.143. The van der Waals surface area contributed by atoms with E-state index in [0.29, 0.717) is 42.8 Å². The highest BCUT2D eigenvalue weighted by molar-refractivity contribution is 6.34. The second-order valence-electron chi connectivity index (χ2n) is 7.13. The smallest absolute Gasteiger partial charge is 0.307 e. The molecule has 0 aliphatic carbocycles. The summed E-state index contributed by atoms with van der Waals surface area (Å²) in [6, 6.07) is 7.92. The summed E-state index contributed by atoms with van der Waals surface area (Å²) in [7, 11) is 0. The number of carboxylic acids is 1. The zero-order valence-electron chi connectivity index (χ0n) is 16.1. The molecular weight excluding hydrogens is 435 g/mol. The molecule has 0 bridgehead atoms. The van der Waals surface area contributed by atoms with Crippen molar-refractivity contribution in [3.63, 3.8) is 0 Å². The van der Waals surface area contributed by atoms with Gasteiger partial charge in [0.15, 0.2) is 0 Å². The van der Waals surface area contributed by atoms with Crippen LogP contribution in [0.5, 0.6) is 0 Å². The van der Waals surface area contributed by atoms with E-state index in [4.69, 9.17) is 27.9 Å². The fraction of sp³-hybridized carbons (Fsp3) is 0.318. The Morgan fingerprint density at radius 2 is 1.73 bits per heavy atom. The molecule has 0 amide bonds. The first-order valence-corrected chi connectivity index (χ1v) is 10.3. The Morgan fingerprint density at radius 1 is 1.13 bits per heavy atom. The summed E-state index contributed by atoms with van der Waals surface area (Å²) >= 11 is 12.4. The van der Waals surface area contributed by atoms with E-state index in [-0.39, 0.29) is 16.0 Å². The summed E-state index contributed by atoms with van der Waals surface area (Å²) in [5, 5.41) is 9.54. The average Bonchev–Trinajstić information content (AvgIpc) is 2.70. The van der Waals surface area contributed by atoms with Crippen molar-refractivity contribution >= 4 is 34.7 Å². The predicted molar refractivity (Wildman–Crippen MR) is 113 cm³/mol. The summed E-state index contributed by atoms with van der Waals surface area (Å²) in [5.41, 5.74) is 1.48. The maximum absolute atomic E-state index is 13.5. The molecule has 1 aliphatic rings. The second kappa shape index (κ2) is 10.2. The molecule has 0 spiro atoms. The second-order valence-corrected chi connectivity index (χ2v) is 7.94. The first-order chi connectivity index (χ1) is 14.3. The number of benzene rings is 2. The number of aliphatic carboxylic acids is 1. The number of ether oxygens (including phenoxy) is 1. The first-order valence-electron chi connectivity index (χ1n) is 9.53. The van der Waals surface area contributed by atoms with Crippen molar-refractivity contribution in [3.05, 3.63) is 75.5 Å². The molecule has 8 heteroatoms. The maximum atomic E-state index is 13.5. The van der Waals surface area contributed by atoms with E-state index < -0.39 is 17.6 Å². The normalized spacial score (nSPS) is 16.9. The summed E-state index contributed by atoms with van der Waals surface area (Å²) < 4.78 is 32.7. The molecule has 1 N–H and O–H groups in total. The van der Waals surface area contributed by atoms with Gasteiger partial charge in [-0.15, -0.1) is 0 Å². The van der Waals surface area contributed by atoms with Crippen LogP contribution in [0.15, 0.2) is 42.7 Å². The van der Waals surface area contributed by atoms with Crippen molar-refractivity contribution in [1.29, 1.82) is 0 Å². The molecule has 1 heterocycles. The average molecular weight is 456 g/mol. The maximum Gasteiger partial charge on any atom is 0.307 e. The summed E-state index contributed by atoms with van der Waals surface area (Å²) in [4.78, 5) is 13.2. The number of hydrogen-bond donors (Lipinski definition) is 1. The van der Waals surface area contributed by atoms with Crippen molar-refractivity contribution in [2.45, 2.75) is 12.8 Å². The summed E-state index contributed by atoms with van der Waals surface area (Å²) in [6.45, 7) is 2.18. The van der Waals surface area contributed by atoms with Crippen LogP contribution in [-0.4, -0.2) is 42.2 Å². The van der Waals surface area contributed by atoms with Crippen molar-refractivity contribution in [3.8, 4) is 0 Å². The van der Waals surface area contributed by atoms with Crippen LogP contribution in [0, 0.1) is 17.6 Å². The molecule has 1 aliphatic heterocycles. The van der Waals surface area contributed by atoms with Gasteiger partial charge < -0.3 is 9.84 Å². The molecule has 30 heavy (non-hydrogen) atoms. The van der Waals surface area contributed by atoms with Gasteiger partial charge in [-0.25, -0.2) is 8.78 Å². The molecular formula is C22H21Cl2F2NO3. The SMILES string of the molecule is O=C(O)C1CCCN(CCOC=C(c2ccc(F)cc2Cl)c2ccc(F)cc2Cl)C1. The molecule has 2 aromatic carbocycles. The lowest BCUT2D eigenvalue weighted by atomic mass is 9.98. The Balaban J connectivity index is 1.77. The molecule has 1 atom stereocenters. The summed E-state index contributed by atoms with van der Waals surface area (Å²) in [6.07, 6.45) is 2.98. The van der Waals surface area contributed by atoms with E-state index in [1.54, 1.807) is 0 Å². The minimum atomic E-state index is -0.778. The number of hydrogen-bond acceptors (Lipinski definition) is 3. The van der Waals surface area contributed by atoms with Gasteiger partial charge in [-0.2, -0.15) is 0 Å². The molecule has 1 fully saturated rings. The van der Waals surface area contributed by atoms with E-state index in [1.807, 2.05) is 4.90 Å². The van der Waals surface area contributed by atoms with Gasteiger partial charge in [0, 0.05) is 29.8 Å².